The number of aryl methyl sites for hydroxylation is 1. The smallest absolute Gasteiger partial charge is 0.240 e. The molecule has 1 atom stereocenters. The van der Waals surface area contributed by atoms with Crippen LogP contribution in [0.5, 0.6) is 0 Å². The summed E-state index contributed by atoms with van der Waals surface area (Å²) < 4.78 is 5.07. The van der Waals surface area contributed by atoms with Crippen molar-refractivity contribution in [2.75, 3.05) is 19.7 Å². The van der Waals surface area contributed by atoms with E-state index in [4.69, 9.17) is 9.63 Å². The van der Waals surface area contributed by atoms with Crippen LogP contribution in [0.15, 0.2) is 4.52 Å². The first-order valence-corrected chi connectivity index (χ1v) is 5.40. The number of hydrogen-bond acceptors (Lipinski definition) is 5. The molecule has 5 heteroatoms. The van der Waals surface area contributed by atoms with Gasteiger partial charge in [0.05, 0.1) is 6.54 Å². The molecule has 84 valence electrons. The average molecular weight is 211 g/mol. The Kier molecular flexibility index (Phi) is 3.33. The largest absolute Gasteiger partial charge is 0.396 e. The fraction of sp³-hybridized carbons (Fsp3) is 0.800. The predicted octanol–water partition coefficient (Wildman–Crippen LogP) is 0.582. The molecule has 0 bridgehead atoms. The van der Waals surface area contributed by atoms with Crippen molar-refractivity contribution in [2.45, 2.75) is 26.3 Å². The molecule has 1 aromatic rings. The van der Waals surface area contributed by atoms with Gasteiger partial charge in [-0.15, -0.1) is 0 Å². The van der Waals surface area contributed by atoms with Gasteiger partial charge in [0, 0.05) is 13.2 Å². The SMILES string of the molecule is Cc1noc(CN2CCC(CCO)C2)n1. The first-order valence-electron chi connectivity index (χ1n) is 5.40. The van der Waals surface area contributed by atoms with Gasteiger partial charge in [0.2, 0.25) is 5.89 Å². The molecular formula is C10H17N3O2. The Labute approximate surface area is 89.1 Å². The van der Waals surface area contributed by atoms with E-state index in [9.17, 15) is 0 Å². The van der Waals surface area contributed by atoms with E-state index < -0.39 is 0 Å². The Morgan fingerprint density at radius 3 is 3.13 bits per heavy atom. The predicted molar refractivity (Wildman–Crippen MR) is 54.1 cm³/mol. The van der Waals surface area contributed by atoms with Crippen LogP contribution < -0.4 is 0 Å². The van der Waals surface area contributed by atoms with Gasteiger partial charge in [-0.2, -0.15) is 4.98 Å². The van der Waals surface area contributed by atoms with E-state index in [1.165, 1.54) is 0 Å². The van der Waals surface area contributed by atoms with Crippen molar-refractivity contribution in [3.8, 4) is 0 Å². The molecule has 1 N–H and O–H groups in total. The van der Waals surface area contributed by atoms with E-state index in [2.05, 4.69) is 15.0 Å². The highest BCUT2D eigenvalue weighted by Gasteiger charge is 2.23. The van der Waals surface area contributed by atoms with Crippen molar-refractivity contribution in [2.24, 2.45) is 5.92 Å². The molecule has 0 aromatic carbocycles. The molecule has 0 amide bonds. The molecule has 0 radical (unpaired) electrons. The molecule has 1 fully saturated rings. The van der Waals surface area contributed by atoms with Crippen molar-refractivity contribution in [3.05, 3.63) is 11.7 Å². The summed E-state index contributed by atoms with van der Waals surface area (Å²) in [7, 11) is 0. The maximum atomic E-state index is 8.85. The van der Waals surface area contributed by atoms with Crippen LogP contribution in [0.1, 0.15) is 24.6 Å². The Balaban J connectivity index is 1.82. The van der Waals surface area contributed by atoms with E-state index in [1.54, 1.807) is 0 Å². The van der Waals surface area contributed by atoms with E-state index in [1.807, 2.05) is 6.92 Å². The molecule has 5 nitrogen and oxygen atoms in total. The van der Waals surface area contributed by atoms with Crippen molar-refractivity contribution < 1.29 is 9.63 Å². The van der Waals surface area contributed by atoms with Crippen LogP contribution in [0.4, 0.5) is 0 Å². The van der Waals surface area contributed by atoms with Gasteiger partial charge in [0.25, 0.3) is 0 Å². The molecule has 1 saturated heterocycles. The van der Waals surface area contributed by atoms with E-state index in [0.717, 1.165) is 32.5 Å². The molecule has 0 aliphatic carbocycles. The van der Waals surface area contributed by atoms with Crippen LogP contribution >= 0.6 is 0 Å². The maximum Gasteiger partial charge on any atom is 0.240 e. The normalized spacial score (nSPS) is 22.4. The van der Waals surface area contributed by atoms with Gasteiger partial charge in [-0.25, -0.2) is 0 Å². The number of likely N-dealkylation sites (tertiary alicyclic amines) is 1. The topological polar surface area (TPSA) is 62.4 Å². The summed E-state index contributed by atoms with van der Waals surface area (Å²) in [5, 5.41) is 12.6. The van der Waals surface area contributed by atoms with E-state index in [-0.39, 0.29) is 6.61 Å². The third-order valence-corrected chi connectivity index (χ3v) is 2.84. The van der Waals surface area contributed by atoms with Gasteiger partial charge in [-0.3, -0.25) is 4.90 Å². The second-order valence-electron chi connectivity index (χ2n) is 4.14. The molecule has 0 saturated carbocycles. The molecule has 2 rings (SSSR count). The van der Waals surface area contributed by atoms with Crippen LogP contribution in [-0.4, -0.2) is 39.8 Å². The summed E-state index contributed by atoms with van der Waals surface area (Å²) in [6.07, 6.45) is 2.06. The number of rotatable bonds is 4. The highest BCUT2D eigenvalue weighted by atomic mass is 16.5. The van der Waals surface area contributed by atoms with Crippen LogP contribution in [0.2, 0.25) is 0 Å². The van der Waals surface area contributed by atoms with Crippen molar-refractivity contribution in [1.29, 1.82) is 0 Å². The van der Waals surface area contributed by atoms with Gasteiger partial charge >= 0.3 is 0 Å². The summed E-state index contributed by atoms with van der Waals surface area (Å²) >= 11 is 0. The summed E-state index contributed by atoms with van der Waals surface area (Å²) in [4.78, 5) is 6.48. The maximum absolute atomic E-state index is 8.85. The number of hydrogen-bond donors (Lipinski definition) is 1. The van der Waals surface area contributed by atoms with Crippen molar-refractivity contribution >= 4 is 0 Å². The third-order valence-electron chi connectivity index (χ3n) is 2.84. The lowest BCUT2D eigenvalue weighted by Crippen LogP contribution is -2.20. The minimum absolute atomic E-state index is 0.290. The first-order chi connectivity index (χ1) is 7.28. The minimum Gasteiger partial charge on any atom is -0.396 e. The second-order valence-corrected chi connectivity index (χ2v) is 4.14. The number of nitrogens with zero attached hydrogens (tertiary/aromatic N) is 3. The Bertz CT molecular complexity index is 313. The minimum atomic E-state index is 0.290. The molecular weight excluding hydrogens is 194 g/mol. The molecule has 1 aliphatic rings. The first kappa shape index (κ1) is 10.6. The second kappa shape index (κ2) is 4.72. The summed E-state index contributed by atoms with van der Waals surface area (Å²) in [5.74, 6) is 2.01. The van der Waals surface area contributed by atoms with Crippen LogP contribution in [-0.2, 0) is 6.54 Å². The van der Waals surface area contributed by atoms with Crippen molar-refractivity contribution in [3.63, 3.8) is 0 Å². The quantitative estimate of drug-likeness (QED) is 0.789. The van der Waals surface area contributed by atoms with Crippen LogP contribution in [0.25, 0.3) is 0 Å². The summed E-state index contributed by atoms with van der Waals surface area (Å²) in [6.45, 7) is 4.95. The Morgan fingerprint density at radius 2 is 2.47 bits per heavy atom. The summed E-state index contributed by atoms with van der Waals surface area (Å²) in [6, 6.07) is 0. The van der Waals surface area contributed by atoms with Gasteiger partial charge in [0.1, 0.15) is 0 Å². The Morgan fingerprint density at radius 1 is 1.60 bits per heavy atom. The van der Waals surface area contributed by atoms with Crippen LogP contribution in [0.3, 0.4) is 0 Å². The van der Waals surface area contributed by atoms with Crippen LogP contribution in [0, 0.1) is 12.8 Å². The molecule has 1 unspecified atom stereocenters. The van der Waals surface area contributed by atoms with Gasteiger partial charge in [-0.1, -0.05) is 5.16 Å². The average Bonchev–Trinajstić information content (AvgIpc) is 2.78. The number of aliphatic hydroxyl groups is 1. The monoisotopic (exact) mass is 211 g/mol. The lowest BCUT2D eigenvalue weighted by Gasteiger charge is -2.12. The van der Waals surface area contributed by atoms with Crippen molar-refractivity contribution in [1.82, 2.24) is 15.0 Å². The standard InChI is InChI=1S/C10H17N3O2/c1-8-11-10(15-12-8)7-13-4-2-9(6-13)3-5-14/h9,14H,2-7H2,1H3. The van der Waals surface area contributed by atoms with Gasteiger partial charge < -0.3 is 9.63 Å². The highest BCUT2D eigenvalue weighted by Crippen LogP contribution is 2.20. The molecule has 15 heavy (non-hydrogen) atoms. The van der Waals surface area contributed by atoms with E-state index in [0.29, 0.717) is 17.6 Å². The molecule has 1 aliphatic heterocycles. The van der Waals surface area contributed by atoms with E-state index >= 15 is 0 Å². The van der Waals surface area contributed by atoms with Gasteiger partial charge in [0.15, 0.2) is 5.82 Å². The fourth-order valence-electron chi connectivity index (χ4n) is 2.07. The molecule has 1 aromatic heterocycles. The highest BCUT2D eigenvalue weighted by molar-refractivity contribution is 4.85. The molecule has 0 spiro atoms. The lowest BCUT2D eigenvalue weighted by atomic mass is 10.1. The molecule has 2 heterocycles. The zero-order valence-electron chi connectivity index (χ0n) is 9.02. The van der Waals surface area contributed by atoms with Gasteiger partial charge in [-0.05, 0) is 32.2 Å². The fourth-order valence-corrected chi connectivity index (χ4v) is 2.07. The Hall–Kier alpha value is -0.940. The summed E-state index contributed by atoms with van der Waals surface area (Å²) in [5.41, 5.74) is 0. The lowest BCUT2D eigenvalue weighted by molar-refractivity contribution is 0.236. The zero-order valence-corrected chi connectivity index (χ0v) is 9.02. The zero-order chi connectivity index (χ0) is 10.7. The third kappa shape index (κ3) is 2.76. The number of aromatic nitrogens is 2. The number of aliphatic hydroxyl groups excluding tert-OH is 1.